The van der Waals surface area contributed by atoms with E-state index < -0.39 is 11.5 Å². The zero-order valence-electron chi connectivity index (χ0n) is 11.2. The third kappa shape index (κ3) is 2.22. The lowest BCUT2D eigenvalue weighted by molar-refractivity contribution is 0.111. The summed E-state index contributed by atoms with van der Waals surface area (Å²) >= 11 is 11.9. The van der Waals surface area contributed by atoms with Crippen LogP contribution in [-0.4, -0.2) is 5.11 Å². The fourth-order valence-corrected chi connectivity index (χ4v) is 3.37. The van der Waals surface area contributed by atoms with Gasteiger partial charge in [-0.15, -0.1) is 0 Å². The van der Waals surface area contributed by atoms with Crippen LogP contribution in [0.1, 0.15) is 29.2 Å². The molecule has 1 N–H and O–H groups in total. The number of hydrogen-bond acceptors (Lipinski definition) is 2. The van der Waals surface area contributed by atoms with E-state index in [9.17, 15) is 10.4 Å². The molecule has 1 aliphatic carbocycles. The second-order valence-corrected chi connectivity index (χ2v) is 6.13. The Hall–Kier alpha value is -1.53. The van der Waals surface area contributed by atoms with Crippen LogP contribution in [0.4, 0.5) is 0 Å². The Kier molecular flexibility index (Phi) is 3.67. The van der Waals surface area contributed by atoms with Crippen molar-refractivity contribution < 1.29 is 5.11 Å². The third-order valence-electron chi connectivity index (χ3n) is 4.21. The first-order valence-corrected chi connectivity index (χ1v) is 7.47. The number of hydrogen-bond donors (Lipinski definition) is 1. The summed E-state index contributed by atoms with van der Waals surface area (Å²) in [5.74, 6) is 0. The molecule has 0 saturated heterocycles. The van der Waals surface area contributed by atoms with Crippen LogP contribution < -0.4 is 0 Å². The lowest BCUT2D eigenvalue weighted by Gasteiger charge is -2.29. The van der Waals surface area contributed by atoms with Crippen molar-refractivity contribution in [3.8, 4) is 6.07 Å². The number of halogens is 2. The van der Waals surface area contributed by atoms with Gasteiger partial charge in [-0.1, -0.05) is 53.5 Å². The van der Waals surface area contributed by atoms with Crippen molar-refractivity contribution in [2.24, 2.45) is 0 Å². The van der Waals surface area contributed by atoms with E-state index in [0.29, 0.717) is 22.0 Å². The van der Waals surface area contributed by atoms with Crippen LogP contribution in [0.5, 0.6) is 0 Å². The Bertz CT molecular complexity index is 738. The van der Waals surface area contributed by atoms with Gasteiger partial charge in [0.05, 0.1) is 16.1 Å². The molecule has 2 aromatic rings. The maximum Gasteiger partial charge on any atom is 0.113 e. The molecule has 2 aromatic carbocycles. The molecule has 0 radical (unpaired) electrons. The second kappa shape index (κ2) is 5.35. The van der Waals surface area contributed by atoms with Gasteiger partial charge in [0.15, 0.2) is 0 Å². The Morgan fingerprint density at radius 1 is 1.14 bits per heavy atom. The molecule has 0 saturated carbocycles. The van der Waals surface area contributed by atoms with Crippen LogP contribution in [0.2, 0.25) is 10.0 Å². The molecule has 0 heterocycles. The van der Waals surface area contributed by atoms with Crippen molar-refractivity contribution in [3.05, 3.63) is 69.2 Å². The highest BCUT2D eigenvalue weighted by Crippen LogP contribution is 2.47. The van der Waals surface area contributed by atoms with Crippen molar-refractivity contribution in [3.63, 3.8) is 0 Å². The Labute approximate surface area is 133 Å². The standard InChI is InChI=1S/C17H13Cl2NO/c18-14-6-5-12(9-15(14)19)16(21)17(10-20)8-7-11-3-1-2-4-13(11)17/h1-6,9,16,21H,7-8H2. The second-order valence-electron chi connectivity index (χ2n) is 5.32. The van der Waals surface area contributed by atoms with Gasteiger partial charge in [-0.05, 0) is 41.7 Å². The van der Waals surface area contributed by atoms with Gasteiger partial charge in [-0.25, -0.2) is 0 Å². The van der Waals surface area contributed by atoms with E-state index in [-0.39, 0.29) is 0 Å². The Morgan fingerprint density at radius 2 is 1.90 bits per heavy atom. The van der Waals surface area contributed by atoms with Crippen molar-refractivity contribution >= 4 is 23.2 Å². The van der Waals surface area contributed by atoms with E-state index in [2.05, 4.69) is 6.07 Å². The molecule has 0 aliphatic heterocycles. The molecule has 2 nitrogen and oxygen atoms in total. The summed E-state index contributed by atoms with van der Waals surface area (Å²) < 4.78 is 0. The molecule has 4 heteroatoms. The number of nitriles is 1. The van der Waals surface area contributed by atoms with Crippen molar-refractivity contribution in [1.29, 1.82) is 5.26 Å². The van der Waals surface area contributed by atoms with E-state index in [1.54, 1.807) is 18.2 Å². The summed E-state index contributed by atoms with van der Waals surface area (Å²) in [4.78, 5) is 0. The predicted octanol–water partition coefficient (Wildman–Crippen LogP) is 4.43. The SMILES string of the molecule is N#CC1(C(O)c2ccc(Cl)c(Cl)c2)CCc2ccccc21. The summed E-state index contributed by atoms with van der Waals surface area (Å²) in [6, 6.07) is 15.1. The van der Waals surface area contributed by atoms with Gasteiger partial charge in [-0.3, -0.25) is 0 Å². The summed E-state index contributed by atoms with van der Waals surface area (Å²) in [6.07, 6.45) is 0.466. The van der Waals surface area contributed by atoms with Gasteiger partial charge in [0.2, 0.25) is 0 Å². The quantitative estimate of drug-likeness (QED) is 0.890. The van der Waals surface area contributed by atoms with E-state index in [1.165, 1.54) is 0 Å². The molecule has 106 valence electrons. The minimum absolute atomic E-state index is 0.382. The lowest BCUT2D eigenvalue weighted by Crippen LogP contribution is -2.29. The minimum atomic E-state index is -0.930. The molecule has 1 aliphatic rings. The smallest absolute Gasteiger partial charge is 0.113 e. The topological polar surface area (TPSA) is 44.0 Å². The van der Waals surface area contributed by atoms with E-state index in [0.717, 1.165) is 17.5 Å². The van der Waals surface area contributed by atoms with Crippen molar-refractivity contribution in [1.82, 2.24) is 0 Å². The molecule has 0 amide bonds. The molecular weight excluding hydrogens is 305 g/mol. The van der Waals surface area contributed by atoms with E-state index >= 15 is 0 Å². The number of rotatable bonds is 2. The first kappa shape index (κ1) is 14.4. The van der Waals surface area contributed by atoms with Crippen molar-refractivity contribution in [2.75, 3.05) is 0 Å². The highest BCUT2D eigenvalue weighted by molar-refractivity contribution is 6.42. The normalized spacial score (nSPS) is 21.6. The monoisotopic (exact) mass is 317 g/mol. The van der Waals surface area contributed by atoms with E-state index in [4.69, 9.17) is 23.2 Å². The average molecular weight is 318 g/mol. The summed E-state index contributed by atoms with van der Waals surface area (Å²) in [5, 5.41) is 21.4. The predicted molar refractivity (Wildman–Crippen MR) is 83.5 cm³/mol. The molecular formula is C17H13Cl2NO. The number of aliphatic hydroxyl groups is 1. The molecule has 21 heavy (non-hydrogen) atoms. The number of nitrogens with zero attached hydrogens (tertiary/aromatic N) is 1. The molecule has 2 unspecified atom stereocenters. The molecule has 0 aromatic heterocycles. The van der Waals surface area contributed by atoms with Gasteiger partial charge in [0.25, 0.3) is 0 Å². The first-order valence-electron chi connectivity index (χ1n) is 6.71. The number of fused-ring (bicyclic) bond motifs is 1. The average Bonchev–Trinajstić information content (AvgIpc) is 2.89. The summed E-state index contributed by atoms with van der Waals surface area (Å²) in [7, 11) is 0. The third-order valence-corrected chi connectivity index (χ3v) is 4.95. The maximum atomic E-state index is 10.8. The molecule has 3 rings (SSSR count). The zero-order chi connectivity index (χ0) is 15.0. The minimum Gasteiger partial charge on any atom is -0.386 e. The highest BCUT2D eigenvalue weighted by Gasteiger charge is 2.45. The maximum absolute atomic E-state index is 10.8. The lowest BCUT2D eigenvalue weighted by atomic mass is 9.75. The number of aliphatic hydroxyl groups excluding tert-OH is 1. The van der Waals surface area contributed by atoms with Crippen LogP contribution >= 0.6 is 23.2 Å². The molecule has 0 fully saturated rings. The number of aryl methyl sites for hydroxylation is 1. The fraction of sp³-hybridized carbons (Fsp3) is 0.235. The molecule has 0 spiro atoms. The van der Waals surface area contributed by atoms with Crippen LogP contribution in [0.3, 0.4) is 0 Å². The van der Waals surface area contributed by atoms with Gasteiger partial charge < -0.3 is 5.11 Å². The van der Waals surface area contributed by atoms with Gasteiger partial charge in [-0.2, -0.15) is 5.26 Å². The van der Waals surface area contributed by atoms with E-state index in [1.807, 2.05) is 24.3 Å². The summed E-state index contributed by atoms with van der Waals surface area (Å²) in [6.45, 7) is 0. The molecule has 0 bridgehead atoms. The highest BCUT2D eigenvalue weighted by atomic mass is 35.5. The van der Waals surface area contributed by atoms with Crippen molar-refractivity contribution in [2.45, 2.75) is 24.4 Å². The van der Waals surface area contributed by atoms with Gasteiger partial charge >= 0.3 is 0 Å². The summed E-state index contributed by atoms with van der Waals surface area (Å²) in [5.41, 5.74) is 1.72. The van der Waals surface area contributed by atoms with Crippen LogP contribution in [0.25, 0.3) is 0 Å². The fourth-order valence-electron chi connectivity index (χ4n) is 3.07. The Morgan fingerprint density at radius 3 is 2.62 bits per heavy atom. The van der Waals surface area contributed by atoms with Crippen LogP contribution in [-0.2, 0) is 11.8 Å². The number of benzene rings is 2. The van der Waals surface area contributed by atoms with Crippen LogP contribution in [0.15, 0.2) is 42.5 Å². The largest absolute Gasteiger partial charge is 0.386 e. The van der Waals surface area contributed by atoms with Crippen LogP contribution in [0, 0.1) is 11.3 Å². The molecule has 2 atom stereocenters. The Balaban J connectivity index is 2.09. The first-order chi connectivity index (χ1) is 10.1. The van der Waals surface area contributed by atoms with Gasteiger partial charge in [0.1, 0.15) is 11.5 Å². The van der Waals surface area contributed by atoms with Gasteiger partial charge in [0, 0.05) is 0 Å². The zero-order valence-corrected chi connectivity index (χ0v) is 12.7.